The largest absolute Gasteiger partial charge is 0.309 e. The molecule has 0 radical (unpaired) electrons. The van der Waals surface area contributed by atoms with Crippen LogP contribution < -0.4 is 43.7 Å². The van der Waals surface area contributed by atoms with Gasteiger partial charge in [0.25, 0.3) is 0 Å². The molecule has 0 aliphatic heterocycles. The zero-order chi connectivity index (χ0) is 47.9. The average molecular weight is 889 g/mol. The van der Waals surface area contributed by atoms with Crippen molar-refractivity contribution in [3.05, 3.63) is 158 Å². The fourth-order valence-corrected chi connectivity index (χ4v) is 10.5. The molecule has 0 saturated carbocycles. The van der Waals surface area contributed by atoms with Gasteiger partial charge in [-0.25, -0.2) is 19.9 Å². The van der Waals surface area contributed by atoms with Crippen LogP contribution in [0.2, 0.25) is 0 Å². The average Bonchev–Trinajstić information content (AvgIpc) is 3.95. The first-order valence-electron chi connectivity index (χ1n) is 23.9. The van der Waals surface area contributed by atoms with Crippen LogP contribution in [0.3, 0.4) is 0 Å². The van der Waals surface area contributed by atoms with Crippen molar-refractivity contribution in [3.63, 3.8) is 0 Å². The van der Waals surface area contributed by atoms with Gasteiger partial charge in [-0.1, -0.05) is 160 Å². The van der Waals surface area contributed by atoms with E-state index in [1.165, 1.54) is 54.5 Å². The zero-order valence-corrected chi connectivity index (χ0v) is 40.6. The van der Waals surface area contributed by atoms with E-state index < -0.39 is 0 Å². The number of hydrogen-bond donors (Lipinski definition) is 0. The Hall–Kier alpha value is -8.10. The summed E-state index contributed by atoms with van der Waals surface area (Å²) in [5.41, 5.74) is 19.7. The Balaban J connectivity index is 1.22. The van der Waals surface area contributed by atoms with Gasteiger partial charge < -0.3 is 4.57 Å². The molecule has 0 atom stereocenters. The highest BCUT2D eigenvalue weighted by atomic mass is 15.2. The normalized spacial score (nSPS) is 11.6. The van der Waals surface area contributed by atoms with E-state index in [0.29, 0.717) is 35.1 Å². The van der Waals surface area contributed by atoms with Crippen LogP contribution in [-0.4, -0.2) is 102 Å². The minimum atomic E-state index is 0.523. The van der Waals surface area contributed by atoms with Gasteiger partial charge in [-0.15, -0.1) is 10.9 Å². The van der Waals surface area contributed by atoms with Gasteiger partial charge in [-0.3, -0.25) is 4.57 Å². The van der Waals surface area contributed by atoms with Crippen molar-refractivity contribution in [1.29, 1.82) is 0 Å². The molecule has 0 N–H and O–H groups in total. The molecule has 0 aliphatic rings. The van der Waals surface area contributed by atoms with Gasteiger partial charge in [-0.2, -0.15) is 9.97 Å². The predicted molar refractivity (Wildman–Crippen MR) is 314 cm³/mol. The van der Waals surface area contributed by atoms with E-state index in [9.17, 15) is 0 Å². The molecular weight excluding hydrogens is 847 g/mol. The lowest BCUT2D eigenvalue weighted by molar-refractivity contribution is 0.954. The van der Waals surface area contributed by atoms with Crippen molar-refractivity contribution < 1.29 is 0 Å². The molecule has 16 heteroatoms. The lowest BCUT2D eigenvalue weighted by Crippen LogP contribution is -2.49. The molecule has 0 amide bonds. The van der Waals surface area contributed by atoms with Crippen LogP contribution in [0.25, 0.3) is 112 Å². The van der Waals surface area contributed by atoms with Crippen LogP contribution in [0, 0.1) is 0 Å². The first-order valence-corrected chi connectivity index (χ1v) is 23.9. The summed E-state index contributed by atoms with van der Waals surface area (Å²) in [7, 11) is 18.0. The van der Waals surface area contributed by atoms with E-state index in [0.717, 1.165) is 66.3 Å². The Morgan fingerprint density at radius 1 is 0.300 bits per heavy atom. The Morgan fingerprint density at radius 2 is 0.671 bits per heavy atom. The second-order valence-corrected chi connectivity index (χ2v) is 18.6. The number of fused-ring (bicyclic) bond motifs is 6. The van der Waals surface area contributed by atoms with Gasteiger partial charge in [0.05, 0.1) is 16.7 Å². The molecule has 8 nitrogen and oxygen atoms in total. The number of aromatic nitrogens is 8. The summed E-state index contributed by atoms with van der Waals surface area (Å²) >= 11 is 0. The third kappa shape index (κ3) is 6.79. The quantitative estimate of drug-likeness (QED) is 0.185. The molecular formula is C54H42B8N8. The monoisotopic (exact) mass is 890 g/mol. The lowest BCUT2D eigenvalue weighted by Gasteiger charge is -2.18. The van der Waals surface area contributed by atoms with Gasteiger partial charge in [0.15, 0.2) is 29.1 Å². The van der Waals surface area contributed by atoms with Gasteiger partial charge >= 0.3 is 0 Å². The number of benzene rings is 8. The predicted octanol–water partition coefficient (Wildman–Crippen LogP) is -1.35. The number of rotatable bonds is 7. The van der Waals surface area contributed by atoms with E-state index in [1.807, 2.05) is 78.9 Å². The van der Waals surface area contributed by atoms with Crippen molar-refractivity contribution in [2.24, 2.45) is 0 Å². The second-order valence-electron chi connectivity index (χ2n) is 18.6. The highest BCUT2D eigenvalue weighted by molar-refractivity contribution is 6.71. The summed E-state index contributed by atoms with van der Waals surface area (Å²) in [6.45, 7) is 0. The molecule has 4 aromatic heterocycles. The van der Waals surface area contributed by atoms with Gasteiger partial charge in [0.1, 0.15) is 62.8 Å². The Kier molecular flexibility index (Phi) is 10.4. The molecule has 0 saturated heterocycles. The Morgan fingerprint density at radius 3 is 1.14 bits per heavy atom. The minimum Gasteiger partial charge on any atom is -0.309 e. The summed E-state index contributed by atoms with van der Waals surface area (Å²) < 4.78 is 4.67. The Bertz CT molecular complexity index is 3920. The lowest BCUT2D eigenvalue weighted by atomic mass is 9.63. The number of nitrogens with zero attached hydrogens (tertiary/aromatic N) is 8. The third-order valence-electron chi connectivity index (χ3n) is 14.9. The minimum absolute atomic E-state index is 0.523. The van der Waals surface area contributed by atoms with Crippen molar-refractivity contribution in [3.8, 4) is 68.6 Å². The van der Waals surface area contributed by atoms with Crippen LogP contribution in [0.5, 0.6) is 0 Å². The maximum Gasteiger partial charge on any atom is 0.238 e. The van der Waals surface area contributed by atoms with Crippen LogP contribution >= 0.6 is 0 Å². The summed E-state index contributed by atoms with van der Waals surface area (Å²) in [6, 6.07) is 54.1. The van der Waals surface area contributed by atoms with Gasteiger partial charge in [0.2, 0.25) is 5.95 Å². The second kappa shape index (κ2) is 16.8. The SMILES string of the molecule is Bc1c(B)c(B)c2c(c1B)c1c(B)c(B)c(B)c(B)c1n2-c1nc(-c2ccccc2)nc(-c2cc(-c3nc(-c4ccccc4)nc(-c4ccccc4)n3)ccc2-n2c3ccccc3c3ccccc32)n1. The standard InChI is InChI=1S/C54H42B8N8/c55-39-37-38-40(56)42(58)44(60)46(62)48(38)70(47(37)45(61)43(59)41(39)57)54-67-51(29-18-8-3-9-19-29)66-53(68-54)33-26-30(24-25-36(33)69-34-22-12-10-20-31(34)32-21-11-13-23-35(32)69)52-64-49(27-14-4-1-5-15-27)63-50(65-52)28-16-6-2-7-17-28/h1-26H,55-62H2. The molecule has 0 unspecified atom stereocenters. The maximum atomic E-state index is 5.69. The van der Waals surface area contributed by atoms with Crippen molar-refractivity contribution in [2.45, 2.75) is 0 Å². The maximum absolute atomic E-state index is 5.69. The molecule has 4 heterocycles. The Labute approximate surface area is 413 Å². The van der Waals surface area contributed by atoms with Gasteiger partial charge in [-0.05, 0) is 41.1 Å². The zero-order valence-electron chi connectivity index (χ0n) is 40.6. The van der Waals surface area contributed by atoms with Crippen LogP contribution in [0.4, 0.5) is 0 Å². The van der Waals surface area contributed by atoms with Crippen LogP contribution in [0.15, 0.2) is 158 Å². The number of hydrogen-bond acceptors (Lipinski definition) is 6. The topological polar surface area (TPSA) is 87.2 Å². The molecule has 0 bridgehead atoms. The van der Waals surface area contributed by atoms with Gasteiger partial charge in [0, 0.05) is 49.6 Å². The molecule has 12 aromatic rings. The number of para-hydroxylation sites is 2. The fourth-order valence-electron chi connectivity index (χ4n) is 10.5. The molecule has 0 aliphatic carbocycles. The van der Waals surface area contributed by atoms with E-state index in [-0.39, 0.29) is 0 Å². The summed E-state index contributed by atoms with van der Waals surface area (Å²) in [5.74, 6) is 3.36. The highest BCUT2D eigenvalue weighted by Crippen LogP contribution is 2.38. The van der Waals surface area contributed by atoms with E-state index in [4.69, 9.17) is 29.9 Å². The van der Waals surface area contributed by atoms with Crippen LogP contribution in [-0.2, 0) is 0 Å². The van der Waals surface area contributed by atoms with Crippen LogP contribution in [0.1, 0.15) is 0 Å². The molecule has 0 spiro atoms. The van der Waals surface area contributed by atoms with E-state index in [1.54, 1.807) is 0 Å². The van der Waals surface area contributed by atoms with Crippen molar-refractivity contribution >= 4 is 150 Å². The van der Waals surface area contributed by atoms with Crippen molar-refractivity contribution in [2.75, 3.05) is 0 Å². The fraction of sp³-hybridized carbons (Fsp3) is 0. The first kappa shape index (κ1) is 43.2. The molecule has 0 fully saturated rings. The van der Waals surface area contributed by atoms with Crippen molar-refractivity contribution in [1.82, 2.24) is 39.0 Å². The summed E-state index contributed by atoms with van der Waals surface area (Å²) in [4.78, 5) is 32.1. The summed E-state index contributed by atoms with van der Waals surface area (Å²) in [6.07, 6.45) is 0. The summed E-state index contributed by atoms with van der Waals surface area (Å²) in [5, 5.41) is 4.80. The molecule has 12 rings (SSSR count). The first-order chi connectivity index (χ1) is 34.1. The third-order valence-corrected chi connectivity index (χ3v) is 14.9. The molecule has 322 valence electrons. The van der Waals surface area contributed by atoms with E-state index in [2.05, 4.69) is 151 Å². The smallest absolute Gasteiger partial charge is 0.238 e. The van der Waals surface area contributed by atoms with E-state index >= 15 is 0 Å². The highest BCUT2D eigenvalue weighted by Gasteiger charge is 2.27. The molecule has 8 aromatic carbocycles. The molecule has 70 heavy (non-hydrogen) atoms.